The van der Waals surface area contributed by atoms with Crippen LogP contribution in [0.15, 0.2) is 0 Å². The van der Waals surface area contributed by atoms with Crippen molar-refractivity contribution in [1.29, 1.82) is 0 Å². The number of rotatable bonds is 7. The van der Waals surface area contributed by atoms with Gasteiger partial charge in [0.25, 0.3) is 0 Å². The smallest absolute Gasteiger partial charge is 0.303 e. The molecular weight excluding hydrogens is 266 g/mol. The van der Waals surface area contributed by atoms with Crippen LogP contribution in [0.4, 0.5) is 0 Å². The summed E-state index contributed by atoms with van der Waals surface area (Å²) in [6.07, 6.45) is 8.11. The van der Waals surface area contributed by atoms with Crippen LogP contribution in [-0.4, -0.2) is 54.7 Å². The van der Waals surface area contributed by atoms with Gasteiger partial charge in [-0.05, 0) is 37.6 Å². The van der Waals surface area contributed by atoms with Gasteiger partial charge in [-0.15, -0.1) is 0 Å². The van der Waals surface area contributed by atoms with Gasteiger partial charge in [-0.1, -0.05) is 19.3 Å². The molecule has 21 heavy (non-hydrogen) atoms. The zero-order valence-corrected chi connectivity index (χ0v) is 13.1. The third kappa shape index (κ3) is 5.93. The van der Waals surface area contributed by atoms with Crippen LogP contribution in [0.2, 0.25) is 0 Å². The lowest BCUT2D eigenvalue weighted by Crippen LogP contribution is -2.51. The molecule has 1 aliphatic carbocycles. The molecule has 2 unspecified atom stereocenters. The predicted octanol–water partition coefficient (Wildman–Crippen LogP) is 1.28. The molecule has 2 fully saturated rings. The van der Waals surface area contributed by atoms with Crippen LogP contribution in [0.3, 0.4) is 0 Å². The molecule has 2 atom stereocenters. The van der Waals surface area contributed by atoms with Gasteiger partial charge >= 0.3 is 5.97 Å². The van der Waals surface area contributed by atoms with E-state index >= 15 is 0 Å². The largest absolute Gasteiger partial charge is 0.481 e. The predicted molar refractivity (Wildman–Crippen MR) is 84.2 cm³/mol. The molecule has 5 nitrogen and oxygen atoms in total. The molecule has 1 saturated heterocycles. The number of hydrogen-bond acceptors (Lipinski definition) is 4. The summed E-state index contributed by atoms with van der Waals surface area (Å²) < 4.78 is 0. The van der Waals surface area contributed by atoms with Crippen LogP contribution in [0, 0.1) is 11.8 Å². The minimum absolute atomic E-state index is 0.256. The Balaban J connectivity index is 1.79. The maximum Gasteiger partial charge on any atom is 0.303 e. The van der Waals surface area contributed by atoms with Gasteiger partial charge < -0.3 is 21.1 Å². The van der Waals surface area contributed by atoms with Gasteiger partial charge in [-0.3, -0.25) is 4.79 Å². The normalized spacial score (nSPS) is 28.6. The van der Waals surface area contributed by atoms with Gasteiger partial charge in [0.05, 0.1) is 0 Å². The number of likely N-dealkylation sites (tertiary alicyclic amines) is 1. The second-order valence-electron chi connectivity index (χ2n) is 6.86. The molecule has 0 radical (unpaired) electrons. The van der Waals surface area contributed by atoms with Crippen molar-refractivity contribution in [3.63, 3.8) is 0 Å². The third-order valence-corrected chi connectivity index (χ3v) is 4.94. The first-order valence-corrected chi connectivity index (χ1v) is 8.55. The first kappa shape index (κ1) is 16.7. The molecule has 0 amide bonds. The fraction of sp³-hybridized carbons (Fsp3) is 0.938. The summed E-state index contributed by atoms with van der Waals surface area (Å²) in [5, 5.41) is 12.7. The number of nitrogens with one attached hydrogen (secondary N) is 1. The van der Waals surface area contributed by atoms with Crippen LogP contribution in [0.25, 0.3) is 0 Å². The molecule has 0 aromatic heterocycles. The van der Waals surface area contributed by atoms with Crippen molar-refractivity contribution in [1.82, 2.24) is 10.2 Å². The van der Waals surface area contributed by atoms with Crippen LogP contribution in [0.5, 0.6) is 0 Å². The minimum atomic E-state index is -0.680. The maximum atomic E-state index is 11.0. The van der Waals surface area contributed by atoms with Crippen molar-refractivity contribution in [2.45, 2.75) is 51.0 Å². The highest BCUT2D eigenvalue weighted by Gasteiger charge is 2.28. The maximum absolute atomic E-state index is 11.0. The molecule has 0 aromatic carbocycles. The third-order valence-electron chi connectivity index (χ3n) is 4.94. The number of carboxylic acid groups (broad SMARTS) is 1. The number of aliphatic carboxylic acids is 1. The molecule has 4 N–H and O–H groups in total. The van der Waals surface area contributed by atoms with E-state index in [2.05, 4.69) is 10.2 Å². The van der Waals surface area contributed by atoms with E-state index in [1.165, 1.54) is 32.1 Å². The molecule has 5 heteroatoms. The van der Waals surface area contributed by atoms with Gasteiger partial charge in [0.2, 0.25) is 0 Å². The fourth-order valence-electron chi connectivity index (χ4n) is 3.94. The lowest BCUT2D eigenvalue weighted by atomic mass is 9.88. The van der Waals surface area contributed by atoms with Gasteiger partial charge in [-0.25, -0.2) is 0 Å². The van der Waals surface area contributed by atoms with Crippen molar-refractivity contribution in [3.05, 3.63) is 0 Å². The zero-order valence-electron chi connectivity index (χ0n) is 13.1. The van der Waals surface area contributed by atoms with Crippen molar-refractivity contribution in [3.8, 4) is 0 Å². The Morgan fingerprint density at radius 3 is 2.62 bits per heavy atom. The highest BCUT2D eigenvalue weighted by molar-refractivity contribution is 5.67. The van der Waals surface area contributed by atoms with Gasteiger partial charge in [0, 0.05) is 38.6 Å². The van der Waals surface area contributed by atoms with E-state index in [9.17, 15) is 4.79 Å². The minimum Gasteiger partial charge on any atom is -0.481 e. The number of nitrogens with zero attached hydrogens (tertiary/aromatic N) is 1. The molecule has 0 aromatic rings. The van der Waals surface area contributed by atoms with Crippen molar-refractivity contribution in [2.24, 2.45) is 17.6 Å². The number of piperidine rings is 1. The molecule has 1 saturated carbocycles. The van der Waals surface area contributed by atoms with Gasteiger partial charge in [0.15, 0.2) is 0 Å². The quantitative estimate of drug-likeness (QED) is 0.660. The number of nitrogens with two attached hydrogens (primary N) is 1. The molecule has 1 heterocycles. The Morgan fingerprint density at radius 1 is 1.19 bits per heavy atom. The SMILES string of the molecule is NCCN1CC(CC(=O)O)CC(NCC2CCCCC2)C1. The Labute approximate surface area is 128 Å². The van der Waals surface area contributed by atoms with Crippen LogP contribution >= 0.6 is 0 Å². The highest BCUT2D eigenvalue weighted by Crippen LogP contribution is 2.24. The van der Waals surface area contributed by atoms with E-state index in [4.69, 9.17) is 10.8 Å². The van der Waals surface area contributed by atoms with Crippen LogP contribution in [-0.2, 0) is 4.79 Å². The molecule has 122 valence electrons. The Kier molecular flexibility index (Phi) is 6.93. The summed E-state index contributed by atoms with van der Waals surface area (Å²) in [6, 6.07) is 0.427. The van der Waals surface area contributed by atoms with Gasteiger partial charge in [-0.2, -0.15) is 0 Å². The average Bonchev–Trinajstić information content (AvgIpc) is 2.46. The highest BCUT2D eigenvalue weighted by atomic mass is 16.4. The summed E-state index contributed by atoms with van der Waals surface area (Å²) in [6.45, 7) is 4.51. The lowest BCUT2D eigenvalue weighted by Gasteiger charge is -2.38. The zero-order chi connectivity index (χ0) is 15.1. The summed E-state index contributed by atoms with van der Waals surface area (Å²) in [5.41, 5.74) is 5.66. The number of carbonyl (C=O) groups is 1. The van der Waals surface area contributed by atoms with E-state index in [0.29, 0.717) is 12.6 Å². The molecule has 0 bridgehead atoms. The van der Waals surface area contributed by atoms with E-state index in [1.807, 2.05) is 0 Å². The topological polar surface area (TPSA) is 78.6 Å². The Morgan fingerprint density at radius 2 is 1.95 bits per heavy atom. The average molecular weight is 297 g/mol. The van der Waals surface area contributed by atoms with Crippen molar-refractivity contribution >= 4 is 5.97 Å². The fourth-order valence-corrected chi connectivity index (χ4v) is 3.94. The first-order valence-electron chi connectivity index (χ1n) is 8.55. The lowest BCUT2D eigenvalue weighted by molar-refractivity contribution is -0.138. The van der Waals surface area contributed by atoms with E-state index in [0.717, 1.165) is 38.5 Å². The summed E-state index contributed by atoms with van der Waals surface area (Å²) >= 11 is 0. The van der Waals surface area contributed by atoms with Gasteiger partial charge in [0.1, 0.15) is 0 Å². The number of hydrogen-bond donors (Lipinski definition) is 3. The van der Waals surface area contributed by atoms with E-state index < -0.39 is 5.97 Å². The summed E-state index contributed by atoms with van der Waals surface area (Å²) in [7, 11) is 0. The Bertz CT molecular complexity index is 319. The van der Waals surface area contributed by atoms with Crippen LogP contribution in [0.1, 0.15) is 44.9 Å². The second kappa shape index (κ2) is 8.71. The molecule has 2 rings (SSSR count). The molecule has 0 spiro atoms. The number of carboxylic acids is 1. The first-order chi connectivity index (χ1) is 10.2. The Hall–Kier alpha value is -0.650. The van der Waals surface area contributed by atoms with Crippen molar-refractivity contribution < 1.29 is 9.90 Å². The van der Waals surface area contributed by atoms with E-state index in [-0.39, 0.29) is 12.3 Å². The summed E-state index contributed by atoms with van der Waals surface area (Å²) in [4.78, 5) is 13.3. The monoisotopic (exact) mass is 297 g/mol. The molecule has 1 aliphatic heterocycles. The standard InChI is InChI=1S/C16H31N3O2/c17-6-7-19-11-14(9-16(20)21)8-15(12-19)18-10-13-4-2-1-3-5-13/h13-15,18H,1-12,17H2,(H,20,21). The second-order valence-corrected chi connectivity index (χ2v) is 6.86. The van der Waals surface area contributed by atoms with Crippen molar-refractivity contribution in [2.75, 3.05) is 32.7 Å². The molecular formula is C16H31N3O2. The van der Waals surface area contributed by atoms with Crippen LogP contribution < -0.4 is 11.1 Å². The molecule has 2 aliphatic rings. The van der Waals surface area contributed by atoms with E-state index in [1.54, 1.807) is 0 Å². The summed E-state index contributed by atoms with van der Waals surface area (Å²) in [5.74, 6) is 0.397.